The minimum atomic E-state index is 0.755. The maximum Gasteiger partial charge on any atom is 0.00720 e. The lowest BCUT2D eigenvalue weighted by Gasteiger charge is -2.25. The summed E-state index contributed by atoms with van der Waals surface area (Å²) >= 11 is 0. The highest BCUT2D eigenvalue weighted by atomic mass is 14.9. The van der Waals surface area contributed by atoms with E-state index in [1.54, 1.807) is 0 Å². The van der Waals surface area contributed by atoms with Gasteiger partial charge in [0.25, 0.3) is 0 Å². The van der Waals surface area contributed by atoms with Crippen LogP contribution in [-0.2, 0) is 0 Å². The van der Waals surface area contributed by atoms with E-state index in [4.69, 9.17) is 0 Å². The zero-order chi connectivity index (χ0) is 13.1. The molecule has 1 N–H and O–H groups in total. The van der Waals surface area contributed by atoms with Crippen molar-refractivity contribution in [3.63, 3.8) is 0 Å². The van der Waals surface area contributed by atoms with Crippen molar-refractivity contribution < 1.29 is 0 Å². The van der Waals surface area contributed by atoms with E-state index >= 15 is 0 Å². The molecule has 18 heavy (non-hydrogen) atoms. The van der Waals surface area contributed by atoms with Gasteiger partial charge in [-0.2, -0.15) is 0 Å². The average Bonchev–Trinajstić information content (AvgIpc) is 3.11. The van der Waals surface area contributed by atoms with Crippen molar-refractivity contribution in [3.05, 3.63) is 0 Å². The molecule has 0 bridgehead atoms. The monoisotopic (exact) mass is 251 g/mol. The van der Waals surface area contributed by atoms with Crippen LogP contribution in [0.4, 0.5) is 0 Å². The molecule has 2 aliphatic carbocycles. The van der Waals surface area contributed by atoms with Crippen LogP contribution in [0.3, 0.4) is 0 Å². The maximum atomic E-state index is 3.93. The van der Waals surface area contributed by atoms with Gasteiger partial charge in [-0.3, -0.25) is 0 Å². The molecule has 2 fully saturated rings. The highest BCUT2D eigenvalue weighted by Crippen LogP contribution is 2.48. The van der Waals surface area contributed by atoms with Crippen molar-refractivity contribution in [2.75, 3.05) is 6.54 Å². The first kappa shape index (κ1) is 14.4. The third-order valence-electron chi connectivity index (χ3n) is 4.61. The topological polar surface area (TPSA) is 12.0 Å². The summed E-state index contributed by atoms with van der Waals surface area (Å²) in [5, 5.41) is 3.93. The predicted octanol–water partition coefficient (Wildman–Crippen LogP) is 4.47. The second-order valence-electron chi connectivity index (χ2n) is 7.70. The Morgan fingerprint density at radius 3 is 1.61 bits per heavy atom. The Labute approximate surface area is 114 Å². The van der Waals surface area contributed by atoms with Gasteiger partial charge in [-0.15, -0.1) is 0 Å². The third-order valence-corrected chi connectivity index (χ3v) is 4.61. The predicted molar refractivity (Wildman–Crippen MR) is 79.6 cm³/mol. The highest BCUT2D eigenvalue weighted by Gasteiger charge is 2.41. The number of rotatable bonds is 9. The first-order chi connectivity index (χ1) is 8.56. The molecule has 0 heterocycles. The summed E-state index contributed by atoms with van der Waals surface area (Å²) in [5.41, 5.74) is 0. The van der Waals surface area contributed by atoms with E-state index in [1.165, 1.54) is 45.1 Å². The fraction of sp³-hybridized carbons (Fsp3) is 1.00. The number of nitrogens with one attached hydrogen (secondary N) is 1. The van der Waals surface area contributed by atoms with Gasteiger partial charge in [0.15, 0.2) is 0 Å². The lowest BCUT2D eigenvalue weighted by atomic mass is 9.93. The Bertz CT molecular complexity index is 216. The second-order valence-corrected chi connectivity index (χ2v) is 7.70. The summed E-state index contributed by atoms with van der Waals surface area (Å²) in [7, 11) is 0. The SMILES string of the molecule is CC(C)CC(CC(C)C)NCC(C1CC1)C1CC1. The van der Waals surface area contributed by atoms with Crippen LogP contribution in [0.5, 0.6) is 0 Å². The van der Waals surface area contributed by atoms with Crippen LogP contribution < -0.4 is 5.32 Å². The van der Waals surface area contributed by atoms with Crippen LogP contribution >= 0.6 is 0 Å². The van der Waals surface area contributed by atoms with Crippen molar-refractivity contribution in [2.24, 2.45) is 29.6 Å². The first-order valence-corrected chi connectivity index (χ1v) is 8.29. The van der Waals surface area contributed by atoms with E-state index in [0.29, 0.717) is 0 Å². The molecule has 2 saturated carbocycles. The fourth-order valence-electron chi connectivity index (χ4n) is 3.47. The van der Waals surface area contributed by atoms with E-state index in [2.05, 4.69) is 33.0 Å². The molecule has 0 spiro atoms. The molecule has 2 aliphatic rings. The smallest absolute Gasteiger partial charge is 0.00720 e. The van der Waals surface area contributed by atoms with Gasteiger partial charge in [-0.25, -0.2) is 0 Å². The molecule has 2 rings (SSSR count). The number of hydrogen-bond donors (Lipinski definition) is 1. The molecule has 0 unspecified atom stereocenters. The second kappa shape index (κ2) is 6.41. The van der Waals surface area contributed by atoms with Gasteiger partial charge in [-0.1, -0.05) is 27.7 Å². The molecule has 0 saturated heterocycles. The maximum absolute atomic E-state index is 3.93. The van der Waals surface area contributed by atoms with Crippen molar-refractivity contribution in [1.82, 2.24) is 5.32 Å². The first-order valence-electron chi connectivity index (χ1n) is 8.29. The van der Waals surface area contributed by atoms with Gasteiger partial charge in [0, 0.05) is 6.04 Å². The standard InChI is InChI=1S/C17H33N/c1-12(2)9-16(10-13(3)4)18-11-17(14-5-6-14)15-7-8-15/h12-18H,5-11H2,1-4H3. The van der Waals surface area contributed by atoms with E-state index in [9.17, 15) is 0 Å². The van der Waals surface area contributed by atoms with Gasteiger partial charge in [-0.05, 0) is 74.7 Å². The molecule has 0 amide bonds. The Morgan fingerprint density at radius 2 is 1.28 bits per heavy atom. The van der Waals surface area contributed by atoms with Gasteiger partial charge in [0.2, 0.25) is 0 Å². The molecule has 0 aliphatic heterocycles. The van der Waals surface area contributed by atoms with Gasteiger partial charge < -0.3 is 5.32 Å². The summed E-state index contributed by atoms with van der Waals surface area (Å²) < 4.78 is 0. The summed E-state index contributed by atoms with van der Waals surface area (Å²) in [6, 6.07) is 0.755. The molecule has 0 atom stereocenters. The quantitative estimate of drug-likeness (QED) is 0.637. The largest absolute Gasteiger partial charge is 0.314 e. The molecule has 0 aromatic heterocycles. The van der Waals surface area contributed by atoms with E-state index in [1.807, 2.05) is 0 Å². The van der Waals surface area contributed by atoms with Crippen LogP contribution in [0.1, 0.15) is 66.2 Å². The molecule has 106 valence electrons. The van der Waals surface area contributed by atoms with Crippen LogP contribution in [0.15, 0.2) is 0 Å². The molecule has 0 radical (unpaired) electrons. The summed E-state index contributed by atoms with van der Waals surface area (Å²) in [6.45, 7) is 10.7. The Hall–Kier alpha value is -0.0400. The molecule has 0 aromatic rings. The van der Waals surface area contributed by atoms with Crippen LogP contribution in [0.25, 0.3) is 0 Å². The molecule has 0 aromatic carbocycles. The van der Waals surface area contributed by atoms with Gasteiger partial charge in [0.1, 0.15) is 0 Å². The average molecular weight is 251 g/mol. The summed E-state index contributed by atoms with van der Waals surface area (Å²) in [6.07, 6.45) is 8.76. The fourth-order valence-corrected chi connectivity index (χ4v) is 3.47. The molecule has 1 heteroatoms. The molecule has 1 nitrogen and oxygen atoms in total. The van der Waals surface area contributed by atoms with Crippen molar-refractivity contribution >= 4 is 0 Å². The minimum absolute atomic E-state index is 0.755. The van der Waals surface area contributed by atoms with E-state index in [0.717, 1.165) is 35.6 Å². The Kier molecular flexibility index (Phi) is 5.12. The lowest BCUT2D eigenvalue weighted by Crippen LogP contribution is -2.36. The summed E-state index contributed by atoms with van der Waals surface area (Å²) in [4.78, 5) is 0. The van der Waals surface area contributed by atoms with Crippen LogP contribution in [0.2, 0.25) is 0 Å². The molecular formula is C17H33N. The van der Waals surface area contributed by atoms with Crippen molar-refractivity contribution in [1.29, 1.82) is 0 Å². The van der Waals surface area contributed by atoms with E-state index in [-0.39, 0.29) is 0 Å². The zero-order valence-corrected chi connectivity index (χ0v) is 12.9. The third kappa shape index (κ3) is 4.91. The Morgan fingerprint density at radius 1 is 0.833 bits per heavy atom. The zero-order valence-electron chi connectivity index (χ0n) is 12.9. The minimum Gasteiger partial charge on any atom is -0.314 e. The lowest BCUT2D eigenvalue weighted by molar-refractivity contribution is 0.307. The number of hydrogen-bond acceptors (Lipinski definition) is 1. The Balaban J connectivity index is 1.75. The van der Waals surface area contributed by atoms with Gasteiger partial charge in [0.05, 0.1) is 0 Å². The summed E-state index contributed by atoms with van der Waals surface area (Å²) in [5.74, 6) is 4.84. The van der Waals surface area contributed by atoms with Crippen LogP contribution in [0, 0.1) is 29.6 Å². The highest BCUT2D eigenvalue weighted by molar-refractivity contribution is 4.93. The normalized spacial score (nSPS) is 20.7. The van der Waals surface area contributed by atoms with Crippen molar-refractivity contribution in [3.8, 4) is 0 Å². The van der Waals surface area contributed by atoms with Crippen molar-refractivity contribution in [2.45, 2.75) is 72.3 Å². The van der Waals surface area contributed by atoms with E-state index < -0.39 is 0 Å². The van der Waals surface area contributed by atoms with Gasteiger partial charge >= 0.3 is 0 Å². The molecular weight excluding hydrogens is 218 g/mol. The van der Waals surface area contributed by atoms with Crippen LogP contribution in [-0.4, -0.2) is 12.6 Å².